The Bertz CT molecular complexity index is 675. The lowest BCUT2D eigenvalue weighted by atomic mass is 9.57. The summed E-state index contributed by atoms with van der Waals surface area (Å²) in [7, 11) is 0. The number of aliphatic hydroxyl groups is 1. The molecule has 2 N–H and O–H groups in total. The molecule has 0 radical (unpaired) electrons. The summed E-state index contributed by atoms with van der Waals surface area (Å²) in [5.74, 6) is 0.584. The zero-order valence-electron chi connectivity index (χ0n) is 14.4. The summed E-state index contributed by atoms with van der Waals surface area (Å²) in [5.41, 5.74) is -0.154. The third-order valence-electron chi connectivity index (χ3n) is 5.57. The van der Waals surface area contributed by atoms with Crippen molar-refractivity contribution in [3.63, 3.8) is 0 Å². The summed E-state index contributed by atoms with van der Waals surface area (Å²) in [4.78, 5) is 17.7. The minimum Gasteiger partial charge on any atom is -0.477 e. The third-order valence-corrected chi connectivity index (χ3v) is 5.69. The largest absolute Gasteiger partial charge is 0.477 e. The first-order valence-electron chi connectivity index (χ1n) is 8.32. The maximum atomic E-state index is 12.6. The first kappa shape index (κ1) is 18.5. The van der Waals surface area contributed by atoms with Gasteiger partial charge in [-0.25, -0.2) is 0 Å². The number of aryl methyl sites for hydroxylation is 1. The normalized spacial score (nSPS) is 30.6. The molecule has 138 valence electrons. The fourth-order valence-electron chi connectivity index (χ4n) is 4.34. The van der Waals surface area contributed by atoms with E-state index >= 15 is 0 Å². The molecule has 1 aromatic rings. The molecule has 8 heteroatoms. The smallest absolute Gasteiger partial charge is 0.210 e. The molecule has 3 rings (SSSR count). The summed E-state index contributed by atoms with van der Waals surface area (Å²) in [5, 5.41) is 15.7. The number of carbonyl (C=O) groups is 1. The van der Waals surface area contributed by atoms with Gasteiger partial charge in [0.15, 0.2) is 30.0 Å². The van der Waals surface area contributed by atoms with Crippen LogP contribution in [0, 0.1) is 0 Å². The zero-order chi connectivity index (χ0) is 18.2. The van der Waals surface area contributed by atoms with Gasteiger partial charge < -0.3 is 19.3 Å². The van der Waals surface area contributed by atoms with Crippen LogP contribution in [0.1, 0.15) is 51.2 Å². The van der Waals surface area contributed by atoms with E-state index in [9.17, 15) is 9.90 Å². The van der Waals surface area contributed by atoms with Crippen molar-refractivity contribution in [2.24, 2.45) is 0 Å². The molecule has 1 unspecified atom stereocenters. The first-order chi connectivity index (χ1) is 11.9. The molecule has 0 amide bonds. The summed E-state index contributed by atoms with van der Waals surface area (Å²) in [6.45, 7) is 5.73. The summed E-state index contributed by atoms with van der Waals surface area (Å²) >= 11 is 0.00366. The number of benzene rings is 1. The third kappa shape index (κ3) is 2.63. The highest BCUT2D eigenvalue weighted by molar-refractivity contribution is 7.88. The molecular weight excluding hydrogens is 348 g/mol. The number of hydrogen-bond donors (Lipinski definition) is 2. The van der Waals surface area contributed by atoms with Crippen molar-refractivity contribution in [2.45, 2.75) is 63.6 Å². The van der Waals surface area contributed by atoms with Crippen LogP contribution in [-0.2, 0) is 26.0 Å². The molecule has 2 aliphatic rings. The first-order valence-corrected chi connectivity index (χ1v) is 9.02. The molecule has 0 aromatic heterocycles. The van der Waals surface area contributed by atoms with Crippen LogP contribution in [0.5, 0.6) is 11.5 Å². The number of carbonyl (C=O) groups excluding carboxylic acids is 1. The van der Waals surface area contributed by atoms with Crippen molar-refractivity contribution >= 4 is 18.1 Å². The van der Waals surface area contributed by atoms with Gasteiger partial charge in [0.2, 0.25) is 5.75 Å². The van der Waals surface area contributed by atoms with Gasteiger partial charge in [-0.15, -0.1) is 0 Å². The summed E-state index contributed by atoms with van der Waals surface area (Å²) < 4.78 is 18.8. The van der Waals surface area contributed by atoms with E-state index in [2.05, 4.69) is 9.37 Å². The molecule has 1 heterocycles. The Balaban J connectivity index is 2.17. The molecule has 0 bridgehead atoms. The van der Waals surface area contributed by atoms with Gasteiger partial charge in [0.25, 0.3) is 0 Å². The molecule has 1 aliphatic carbocycles. The van der Waals surface area contributed by atoms with Crippen LogP contribution in [0.4, 0.5) is 0 Å². The molecule has 25 heavy (non-hydrogen) atoms. The molecule has 1 aliphatic heterocycles. The number of Topliss-reactive ketones (excluding diaryl/α,β-unsaturated/α-hetero) is 1. The Morgan fingerprint density at radius 2 is 2.16 bits per heavy atom. The van der Waals surface area contributed by atoms with Crippen LogP contribution < -0.4 is 9.62 Å². The fraction of sp³-hybridized carbons (Fsp3) is 0.588. The predicted molar refractivity (Wildman–Crippen MR) is 90.1 cm³/mol. The molecule has 0 saturated heterocycles. The monoisotopic (exact) mass is 370 g/mol. The van der Waals surface area contributed by atoms with Crippen LogP contribution in [-0.4, -0.2) is 27.1 Å². The van der Waals surface area contributed by atoms with Gasteiger partial charge in [-0.2, -0.15) is 0 Å². The van der Waals surface area contributed by atoms with Crippen LogP contribution in [0.15, 0.2) is 12.1 Å². The molecule has 1 saturated carbocycles. The van der Waals surface area contributed by atoms with E-state index in [1.165, 1.54) is 0 Å². The van der Waals surface area contributed by atoms with E-state index in [1.807, 2.05) is 19.9 Å². The number of ether oxygens (including phenoxy) is 1. The molecule has 1 aromatic carbocycles. The van der Waals surface area contributed by atoms with Crippen LogP contribution in [0.3, 0.4) is 0 Å². The highest BCUT2D eigenvalue weighted by Gasteiger charge is 2.64. The second kappa shape index (κ2) is 6.77. The molecule has 3 atom stereocenters. The van der Waals surface area contributed by atoms with Gasteiger partial charge in [0, 0.05) is 17.0 Å². The van der Waals surface area contributed by atoms with E-state index in [-0.39, 0.29) is 30.3 Å². The van der Waals surface area contributed by atoms with Crippen LogP contribution in [0.25, 0.3) is 0 Å². The number of rotatable bonds is 6. The zero-order valence-corrected chi connectivity index (χ0v) is 15.2. The highest BCUT2D eigenvalue weighted by Crippen LogP contribution is 2.59. The average molecular weight is 370 g/mol. The van der Waals surface area contributed by atoms with E-state index in [1.54, 1.807) is 13.0 Å². The molecule has 1 fully saturated rings. The van der Waals surface area contributed by atoms with Crippen molar-refractivity contribution < 1.29 is 33.5 Å². The lowest BCUT2D eigenvalue weighted by molar-refractivity contribution is -0.406. The summed E-state index contributed by atoms with van der Waals surface area (Å²) in [6.07, 6.45) is 1.15. The Morgan fingerprint density at radius 1 is 1.40 bits per heavy atom. The van der Waals surface area contributed by atoms with E-state index in [4.69, 9.17) is 14.2 Å². The second-order valence-electron chi connectivity index (χ2n) is 6.64. The van der Waals surface area contributed by atoms with Gasteiger partial charge in [-0.05, 0) is 37.8 Å². The maximum Gasteiger partial charge on any atom is 0.210 e. The average Bonchev–Trinajstić information content (AvgIpc) is 2.97. The second-order valence-corrected chi connectivity index (χ2v) is 6.92. The SMILES string of the molecule is CCc1ccc(OOOSO)c2c1[C@@]1(CC)[C@@H](O2)C(=O)CCC1(C)O. The van der Waals surface area contributed by atoms with Gasteiger partial charge in [-0.3, -0.25) is 4.79 Å². The van der Waals surface area contributed by atoms with Crippen LogP contribution >= 0.6 is 12.3 Å². The number of fused-ring (bicyclic) bond motifs is 3. The number of hydrogen-bond acceptors (Lipinski definition) is 8. The Labute approximate surface area is 150 Å². The fourth-order valence-corrected chi connectivity index (χ4v) is 4.39. The Morgan fingerprint density at radius 3 is 2.80 bits per heavy atom. The molecule has 7 nitrogen and oxygen atoms in total. The lowest BCUT2D eigenvalue weighted by Gasteiger charge is -2.48. The van der Waals surface area contributed by atoms with E-state index in [0.717, 1.165) is 11.1 Å². The minimum absolute atomic E-state index is 0.00366. The van der Waals surface area contributed by atoms with Gasteiger partial charge in [0.1, 0.15) is 0 Å². The van der Waals surface area contributed by atoms with Crippen LogP contribution in [0.2, 0.25) is 0 Å². The summed E-state index contributed by atoms with van der Waals surface area (Å²) in [6, 6.07) is 3.52. The predicted octanol–water partition coefficient (Wildman–Crippen LogP) is 3.13. The van der Waals surface area contributed by atoms with Crippen molar-refractivity contribution in [2.75, 3.05) is 0 Å². The highest BCUT2D eigenvalue weighted by atomic mass is 32.2. The molecule has 0 spiro atoms. The lowest BCUT2D eigenvalue weighted by Crippen LogP contribution is -2.61. The molecular formula is C17H22O7S. The van der Waals surface area contributed by atoms with Gasteiger partial charge in [0.05, 0.1) is 11.0 Å². The number of ketones is 1. The standard InChI is InChI=1S/C17H22O7S/c1-4-10-6-7-12(22-23-24-25-20)14-13(10)17(5-2)15(21-14)11(18)8-9-16(17,3)19/h6-7,15,19-20H,4-5,8-9H2,1-3H3/t15-,16?,17-/m0/s1. The minimum atomic E-state index is -1.09. The van der Waals surface area contributed by atoms with Gasteiger partial charge >= 0.3 is 0 Å². The van der Waals surface area contributed by atoms with E-state index in [0.29, 0.717) is 25.0 Å². The Hall–Kier alpha value is -1.32. The maximum absolute atomic E-state index is 12.6. The van der Waals surface area contributed by atoms with Crippen molar-refractivity contribution in [1.82, 2.24) is 0 Å². The van der Waals surface area contributed by atoms with E-state index < -0.39 is 17.1 Å². The van der Waals surface area contributed by atoms with Crippen molar-refractivity contribution in [3.05, 3.63) is 23.3 Å². The van der Waals surface area contributed by atoms with Gasteiger partial charge in [-0.1, -0.05) is 24.2 Å². The van der Waals surface area contributed by atoms with Crippen molar-refractivity contribution in [3.8, 4) is 11.5 Å². The topological polar surface area (TPSA) is 94.5 Å². The van der Waals surface area contributed by atoms with Crippen molar-refractivity contribution in [1.29, 1.82) is 0 Å². The Kier molecular flexibility index (Phi) is 5.00. The quantitative estimate of drug-likeness (QED) is 0.341.